The first-order chi connectivity index (χ1) is 10.2. The van der Waals surface area contributed by atoms with Crippen LogP contribution in [0.25, 0.3) is 11.0 Å². The lowest BCUT2D eigenvalue weighted by Gasteiger charge is -2.25. The van der Waals surface area contributed by atoms with Gasteiger partial charge in [0.15, 0.2) is 0 Å². The molecule has 0 atom stereocenters. The van der Waals surface area contributed by atoms with Crippen molar-refractivity contribution in [2.24, 2.45) is 0 Å². The van der Waals surface area contributed by atoms with Crippen LogP contribution in [0.3, 0.4) is 0 Å². The number of nitrogens with zero attached hydrogens (tertiary/aromatic N) is 2. The van der Waals surface area contributed by atoms with Crippen molar-refractivity contribution in [3.8, 4) is 5.75 Å². The van der Waals surface area contributed by atoms with Gasteiger partial charge < -0.3 is 14.5 Å². The van der Waals surface area contributed by atoms with Crippen LogP contribution < -0.4 is 4.74 Å². The van der Waals surface area contributed by atoms with E-state index in [1.54, 1.807) is 6.07 Å². The Morgan fingerprint density at radius 1 is 1.43 bits per heavy atom. The van der Waals surface area contributed by atoms with Crippen molar-refractivity contribution >= 4 is 17.0 Å². The van der Waals surface area contributed by atoms with Crippen molar-refractivity contribution in [3.63, 3.8) is 0 Å². The van der Waals surface area contributed by atoms with E-state index in [-0.39, 0.29) is 5.97 Å². The molecule has 0 saturated carbocycles. The van der Waals surface area contributed by atoms with Crippen molar-refractivity contribution in [3.05, 3.63) is 24.0 Å². The Morgan fingerprint density at radius 2 is 2.24 bits per heavy atom. The molecule has 21 heavy (non-hydrogen) atoms. The average molecular weight is 289 g/mol. The topological polar surface area (TPSA) is 67.4 Å². The fourth-order valence-corrected chi connectivity index (χ4v) is 2.44. The van der Waals surface area contributed by atoms with E-state index in [0.717, 1.165) is 43.2 Å². The number of carbonyl (C=O) groups is 1. The van der Waals surface area contributed by atoms with Crippen LogP contribution in [-0.2, 0) is 9.53 Å². The molecule has 0 amide bonds. The van der Waals surface area contributed by atoms with E-state index < -0.39 is 0 Å². The molecule has 0 spiro atoms. The van der Waals surface area contributed by atoms with Crippen molar-refractivity contribution in [1.29, 1.82) is 0 Å². The van der Waals surface area contributed by atoms with Crippen LogP contribution in [0.2, 0.25) is 0 Å². The molecule has 6 nitrogen and oxygen atoms in total. The number of aryl methyl sites for hydroxylation is 1. The molecule has 6 heteroatoms. The molecule has 2 heterocycles. The third-order valence-corrected chi connectivity index (χ3v) is 3.54. The smallest absolute Gasteiger partial charge is 0.312 e. The van der Waals surface area contributed by atoms with E-state index in [9.17, 15) is 4.79 Å². The third kappa shape index (κ3) is 3.59. The number of hydrogen-bond acceptors (Lipinski definition) is 5. The van der Waals surface area contributed by atoms with Crippen LogP contribution in [0.15, 0.2) is 18.2 Å². The molecular weight excluding hydrogens is 270 g/mol. The number of nitrogens with one attached hydrogen (secondary N) is 1. The quantitative estimate of drug-likeness (QED) is 0.682. The molecule has 0 bridgehead atoms. The second kappa shape index (κ2) is 6.24. The fraction of sp³-hybridized carbons (Fsp3) is 0.467. The molecule has 1 aromatic carbocycles. The number of morpholine rings is 1. The van der Waals surface area contributed by atoms with Crippen LogP contribution in [0.1, 0.15) is 12.2 Å². The lowest BCUT2D eigenvalue weighted by molar-refractivity contribution is -0.135. The fourth-order valence-electron chi connectivity index (χ4n) is 2.44. The van der Waals surface area contributed by atoms with E-state index >= 15 is 0 Å². The molecule has 1 aliphatic heterocycles. The molecule has 0 unspecified atom stereocenters. The summed E-state index contributed by atoms with van der Waals surface area (Å²) in [6, 6.07) is 5.43. The Bertz CT molecular complexity index is 632. The Labute approximate surface area is 123 Å². The molecule has 3 rings (SSSR count). The lowest BCUT2D eigenvalue weighted by Crippen LogP contribution is -2.37. The van der Waals surface area contributed by atoms with Gasteiger partial charge in [0.25, 0.3) is 0 Å². The number of H-pyrrole nitrogens is 1. The van der Waals surface area contributed by atoms with Crippen molar-refractivity contribution in [1.82, 2.24) is 14.9 Å². The van der Waals surface area contributed by atoms with E-state index in [4.69, 9.17) is 9.47 Å². The molecule has 112 valence electrons. The Kier molecular flexibility index (Phi) is 4.17. The number of aromatic amines is 1. The first-order valence-electron chi connectivity index (χ1n) is 7.18. The molecule has 0 radical (unpaired) electrons. The maximum Gasteiger partial charge on any atom is 0.312 e. The van der Waals surface area contributed by atoms with Gasteiger partial charge in [-0.1, -0.05) is 0 Å². The number of rotatable bonds is 4. The Morgan fingerprint density at radius 3 is 3.05 bits per heavy atom. The predicted molar refractivity (Wildman–Crippen MR) is 78.3 cm³/mol. The van der Waals surface area contributed by atoms with Crippen molar-refractivity contribution < 1.29 is 14.3 Å². The summed E-state index contributed by atoms with van der Waals surface area (Å²) < 4.78 is 10.7. The molecule has 2 aromatic rings. The lowest BCUT2D eigenvalue weighted by atomic mass is 10.3. The highest BCUT2D eigenvalue weighted by Crippen LogP contribution is 2.19. The highest BCUT2D eigenvalue weighted by Gasteiger charge is 2.13. The molecular formula is C15H19N3O3. The highest BCUT2D eigenvalue weighted by atomic mass is 16.5. The van der Waals surface area contributed by atoms with Gasteiger partial charge >= 0.3 is 5.97 Å². The second-order valence-corrected chi connectivity index (χ2v) is 5.18. The van der Waals surface area contributed by atoms with Crippen LogP contribution in [-0.4, -0.2) is 53.7 Å². The summed E-state index contributed by atoms with van der Waals surface area (Å²) >= 11 is 0. The number of esters is 1. The molecule has 0 aliphatic carbocycles. The molecule has 1 saturated heterocycles. The van der Waals surface area contributed by atoms with Crippen LogP contribution in [0.5, 0.6) is 5.75 Å². The van der Waals surface area contributed by atoms with E-state index in [1.807, 2.05) is 19.1 Å². The zero-order valence-corrected chi connectivity index (χ0v) is 12.1. The van der Waals surface area contributed by atoms with Crippen LogP contribution in [0, 0.1) is 6.92 Å². The minimum absolute atomic E-state index is 0.211. The largest absolute Gasteiger partial charge is 0.426 e. The van der Waals surface area contributed by atoms with Gasteiger partial charge in [-0.15, -0.1) is 0 Å². The summed E-state index contributed by atoms with van der Waals surface area (Å²) in [5.74, 6) is 1.19. The molecule has 1 aromatic heterocycles. The number of imidazole rings is 1. The standard InChI is InChI=1S/C15H19N3O3/c1-11-16-13-3-2-12(10-14(13)17-11)21-15(19)4-5-18-6-8-20-9-7-18/h2-3,10H,4-9H2,1H3,(H,16,17). The number of hydrogen-bond donors (Lipinski definition) is 1. The maximum atomic E-state index is 11.9. The van der Waals surface area contributed by atoms with E-state index in [1.165, 1.54) is 0 Å². The SMILES string of the molecule is Cc1nc2ccc(OC(=O)CCN3CCOCC3)cc2[nH]1. The number of ether oxygens (including phenoxy) is 2. The minimum atomic E-state index is -0.211. The summed E-state index contributed by atoms with van der Waals surface area (Å²) in [4.78, 5) is 21.6. The number of aromatic nitrogens is 2. The first-order valence-corrected chi connectivity index (χ1v) is 7.18. The molecule has 1 fully saturated rings. The zero-order chi connectivity index (χ0) is 14.7. The minimum Gasteiger partial charge on any atom is -0.426 e. The summed E-state index contributed by atoms with van der Waals surface area (Å²) in [7, 11) is 0. The average Bonchev–Trinajstić information content (AvgIpc) is 2.85. The van der Waals surface area contributed by atoms with Gasteiger partial charge in [0.1, 0.15) is 11.6 Å². The van der Waals surface area contributed by atoms with Gasteiger partial charge in [-0.05, 0) is 19.1 Å². The Balaban J connectivity index is 1.55. The third-order valence-electron chi connectivity index (χ3n) is 3.54. The zero-order valence-electron chi connectivity index (χ0n) is 12.1. The summed E-state index contributed by atoms with van der Waals surface area (Å²) in [5.41, 5.74) is 1.76. The molecule has 1 N–H and O–H groups in total. The van der Waals surface area contributed by atoms with Crippen molar-refractivity contribution in [2.75, 3.05) is 32.8 Å². The number of carbonyl (C=O) groups excluding carboxylic acids is 1. The first kappa shape index (κ1) is 14.0. The van der Waals surface area contributed by atoms with Gasteiger partial charge in [0.2, 0.25) is 0 Å². The van der Waals surface area contributed by atoms with Gasteiger partial charge in [-0.3, -0.25) is 9.69 Å². The van der Waals surface area contributed by atoms with Gasteiger partial charge in [-0.2, -0.15) is 0 Å². The maximum absolute atomic E-state index is 11.9. The number of fused-ring (bicyclic) bond motifs is 1. The normalized spacial score (nSPS) is 16.2. The Hall–Kier alpha value is -1.92. The van der Waals surface area contributed by atoms with Crippen LogP contribution >= 0.6 is 0 Å². The van der Waals surface area contributed by atoms with Gasteiger partial charge in [0, 0.05) is 25.7 Å². The monoisotopic (exact) mass is 289 g/mol. The van der Waals surface area contributed by atoms with Crippen LogP contribution in [0.4, 0.5) is 0 Å². The van der Waals surface area contributed by atoms with E-state index in [2.05, 4.69) is 14.9 Å². The van der Waals surface area contributed by atoms with Gasteiger partial charge in [0.05, 0.1) is 30.7 Å². The second-order valence-electron chi connectivity index (χ2n) is 5.18. The number of benzene rings is 1. The summed E-state index contributed by atoms with van der Waals surface area (Å²) in [6.07, 6.45) is 0.389. The van der Waals surface area contributed by atoms with Crippen molar-refractivity contribution in [2.45, 2.75) is 13.3 Å². The highest BCUT2D eigenvalue weighted by molar-refractivity contribution is 5.79. The van der Waals surface area contributed by atoms with E-state index in [0.29, 0.717) is 18.7 Å². The van der Waals surface area contributed by atoms with Gasteiger partial charge in [-0.25, -0.2) is 4.98 Å². The summed E-state index contributed by atoms with van der Waals surface area (Å²) in [6.45, 7) is 5.86. The summed E-state index contributed by atoms with van der Waals surface area (Å²) in [5, 5.41) is 0. The predicted octanol–water partition coefficient (Wildman–Crippen LogP) is 1.50. The molecule has 1 aliphatic rings.